The molecule has 0 unspecified atom stereocenters. The molecule has 0 radical (unpaired) electrons. The first-order valence-corrected chi connectivity index (χ1v) is 10.4. The zero-order chi connectivity index (χ0) is 20.9. The molecule has 0 bridgehead atoms. The minimum absolute atomic E-state index is 0.159. The van der Waals surface area contributed by atoms with Gasteiger partial charge in [0.1, 0.15) is 0 Å². The lowest BCUT2D eigenvalue weighted by molar-refractivity contribution is 0.0983. The number of aromatic nitrogens is 1. The summed E-state index contributed by atoms with van der Waals surface area (Å²) in [6, 6.07) is 25.7. The number of carbonyl (C=O) groups is 1. The Balaban J connectivity index is 1.47. The second kappa shape index (κ2) is 9.06. The first-order valence-electron chi connectivity index (χ1n) is 10.0. The van der Waals surface area contributed by atoms with Crippen LogP contribution in [0.5, 0.6) is 0 Å². The van der Waals surface area contributed by atoms with Gasteiger partial charge in [-0.15, -0.1) is 0 Å². The number of halogens is 1. The molecule has 4 aromatic rings. The fraction of sp³-hybridized carbons (Fsp3) is 0.111. The van der Waals surface area contributed by atoms with Crippen molar-refractivity contribution in [1.82, 2.24) is 4.98 Å². The molecule has 0 amide bonds. The van der Waals surface area contributed by atoms with E-state index in [9.17, 15) is 4.79 Å². The third-order valence-corrected chi connectivity index (χ3v) is 5.45. The number of ketones is 1. The summed E-state index contributed by atoms with van der Waals surface area (Å²) in [6.07, 6.45) is 5.20. The summed E-state index contributed by atoms with van der Waals surface area (Å²) in [7, 11) is 0. The molecule has 1 aromatic heterocycles. The topological polar surface area (TPSA) is 30.0 Å². The van der Waals surface area contributed by atoms with Crippen molar-refractivity contribution in [3.8, 4) is 0 Å². The maximum absolute atomic E-state index is 12.7. The van der Waals surface area contributed by atoms with Crippen LogP contribution in [0.25, 0.3) is 23.1 Å². The Kier molecular flexibility index (Phi) is 6.06. The van der Waals surface area contributed by atoms with Crippen LogP contribution < -0.4 is 0 Å². The maximum atomic E-state index is 12.7. The fourth-order valence-electron chi connectivity index (χ4n) is 3.48. The third kappa shape index (κ3) is 4.84. The lowest BCUT2D eigenvalue weighted by atomic mass is 9.99. The molecule has 3 heteroatoms. The first-order chi connectivity index (χ1) is 14.6. The number of aryl methyl sites for hydroxylation is 2. The van der Waals surface area contributed by atoms with Crippen molar-refractivity contribution in [2.45, 2.75) is 19.8 Å². The Morgan fingerprint density at radius 2 is 1.77 bits per heavy atom. The SMILES string of the molecule is Cc1ccccc1CCC(=O)c1cccc(/C=C/c2ccc3ccc(Cl)cc3n2)c1. The number of nitrogens with zero attached hydrogens (tertiary/aromatic N) is 1. The van der Waals surface area contributed by atoms with E-state index in [-0.39, 0.29) is 5.78 Å². The zero-order valence-electron chi connectivity index (χ0n) is 16.8. The molecule has 0 aliphatic heterocycles. The normalized spacial score (nSPS) is 11.3. The van der Waals surface area contributed by atoms with E-state index in [1.165, 1.54) is 11.1 Å². The Hall–Kier alpha value is -3.23. The summed E-state index contributed by atoms with van der Waals surface area (Å²) < 4.78 is 0. The number of hydrogen-bond donors (Lipinski definition) is 0. The highest BCUT2D eigenvalue weighted by atomic mass is 35.5. The van der Waals surface area contributed by atoms with Gasteiger partial charge >= 0.3 is 0 Å². The Labute approximate surface area is 181 Å². The van der Waals surface area contributed by atoms with Crippen molar-refractivity contribution in [1.29, 1.82) is 0 Å². The van der Waals surface area contributed by atoms with E-state index in [2.05, 4.69) is 24.0 Å². The van der Waals surface area contributed by atoms with Crippen LogP contribution in [-0.4, -0.2) is 10.8 Å². The molecule has 148 valence electrons. The van der Waals surface area contributed by atoms with E-state index < -0.39 is 0 Å². The van der Waals surface area contributed by atoms with Crippen molar-refractivity contribution >= 4 is 40.4 Å². The molecule has 2 nitrogen and oxygen atoms in total. The number of carbonyl (C=O) groups excluding carboxylic acids is 1. The highest BCUT2D eigenvalue weighted by molar-refractivity contribution is 6.31. The second-order valence-electron chi connectivity index (χ2n) is 7.38. The maximum Gasteiger partial charge on any atom is 0.163 e. The Morgan fingerprint density at radius 1 is 0.933 bits per heavy atom. The standard InChI is InChI=1S/C27H22ClNO/c1-19-5-2-3-7-21(19)12-16-27(30)23-8-4-6-20(17-23)9-14-25-15-11-22-10-13-24(28)18-26(22)29-25/h2-11,13-15,17-18H,12,16H2,1H3/b14-9+. The lowest BCUT2D eigenvalue weighted by Gasteiger charge is -2.06. The van der Waals surface area contributed by atoms with Gasteiger partial charge in [-0.3, -0.25) is 4.79 Å². The van der Waals surface area contributed by atoms with Crippen molar-refractivity contribution < 1.29 is 4.79 Å². The van der Waals surface area contributed by atoms with E-state index in [0.717, 1.165) is 34.1 Å². The minimum Gasteiger partial charge on any atom is -0.294 e. The van der Waals surface area contributed by atoms with E-state index in [1.807, 2.05) is 78.9 Å². The number of Topliss-reactive ketones (excluding diaryl/α,β-unsaturated/α-hetero) is 1. The summed E-state index contributed by atoms with van der Waals surface area (Å²) in [5.74, 6) is 0.159. The van der Waals surface area contributed by atoms with Gasteiger partial charge in [-0.1, -0.05) is 72.3 Å². The molecule has 1 heterocycles. The molecule has 0 saturated carbocycles. The molecule has 4 rings (SSSR count). The predicted molar refractivity (Wildman–Crippen MR) is 126 cm³/mol. The van der Waals surface area contributed by atoms with Crippen molar-refractivity contribution in [3.63, 3.8) is 0 Å². The van der Waals surface area contributed by atoms with Crippen LogP contribution in [-0.2, 0) is 6.42 Å². The fourth-order valence-corrected chi connectivity index (χ4v) is 3.65. The van der Waals surface area contributed by atoms with Gasteiger partial charge in [0, 0.05) is 22.4 Å². The van der Waals surface area contributed by atoms with Gasteiger partial charge in [0.05, 0.1) is 11.2 Å². The largest absolute Gasteiger partial charge is 0.294 e. The molecule has 0 N–H and O–H groups in total. The molecule has 3 aromatic carbocycles. The molecule has 0 fully saturated rings. The van der Waals surface area contributed by atoms with E-state index in [1.54, 1.807) is 0 Å². The van der Waals surface area contributed by atoms with Gasteiger partial charge in [0.25, 0.3) is 0 Å². The van der Waals surface area contributed by atoms with Gasteiger partial charge < -0.3 is 0 Å². The molecule has 30 heavy (non-hydrogen) atoms. The molecule has 0 spiro atoms. The molecule has 0 aliphatic rings. The summed E-state index contributed by atoms with van der Waals surface area (Å²) in [5.41, 5.74) is 5.88. The van der Waals surface area contributed by atoms with Crippen LogP contribution in [0.1, 0.15) is 39.2 Å². The monoisotopic (exact) mass is 411 g/mol. The molecule has 0 atom stereocenters. The smallest absolute Gasteiger partial charge is 0.163 e. The number of pyridine rings is 1. The van der Waals surface area contributed by atoms with Gasteiger partial charge in [-0.2, -0.15) is 0 Å². The van der Waals surface area contributed by atoms with Gasteiger partial charge in [0.2, 0.25) is 0 Å². The number of benzene rings is 3. The second-order valence-corrected chi connectivity index (χ2v) is 7.82. The van der Waals surface area contributed by atoms with E-state index in [4.69, 9.17) is 11.6 Å². The number of rotatable bonds is 6. The van der Waals surface area contributed by atoms with Crippen LogP contribution >= 0.6 is 11.6 Å². The van der Waals surface area contributed by atoms with Crippen molar-refractivity contribution in [2.24, 2.45) is 0 Å². The highest BCUT2D eigenvalue weighted by Gasteiger charge is 2.07. The summed E-state index contributed by atoms with van der Waals surface area (Å²) in [6.45, 7) is 2.08. The Bertz CT molecular complexity index is 1240. The van der Waals surface area contributed by atoms with Crippen molar-refractivity contribution in [3.05, 3.63) is 112 Å². The van der Waals surface area contributed by atoms with Crippen LogP contribution in [0.4, 0.5) is 0 Å². The number of fused-ring (bicyclic) bond motifs is 1. The first kappa shape index (κ1) is 20.1. The Morgan fingerprint density at radius 3 is 2.63 bits per heavy atom. The van der Waals surface area contributed by atoms with Crippen LogP contribution in [0.15, 0.2) is 78.9 Å². The summed E-state index contributed by atoms with van der Waals surface area (Å²) >= 11 is 6.07. The third-order valence-electron chi connectivity index (χ3n) is 5.21. The molecular weight excluding hydrogens is 390 g/mol. The predicted octanol–water partition coefficient (Wildman–Crippen LogP) is 7.18. The zero-order valence-corrected chi connectivity index (χ0v) is 17.6. The molecule has 0 aliphatic carbocycles. The van der Waals surface area contributed by atoms with Crippen LogP contribution in [0, 0.1) is 6.92 Å². The average molecular weight is 412 g/mol. The van der Waals surface area contributed by atoms with E-state index in [0.29, 0.717) is 11.4 Å². The summed E-state index contributed by atoms with van der Waals surface area (Å²) in [5, 5.41) is 1.73. The van der Waals surface area contributed by atoms with Crippen molar-refractivity contribution in [2.75, 3.05) is 0 Å². The van der Waals surface area contributed by atoms with Gasteiger partial charge in [-0.25, -0.2) is 4.98 Å². The minimum atomic E-state index is 0.159. The van der Waals surface area contributed by atoms with E-state index >= 15 is 0 Å². The molecule has 0 saturated heterocycles. The lowest BCUT2D eigenvalue weighted by Crippen LogP contribution is -2.02. The highest BCUT2D eigenvalue weighted by Crippen LogP contribution is 2.19. The van der Waals surface area contributed by atoms with Gasteiger partial charge in [-0.05, 0) is 60.4 Å². The average Bonchev–Trinajstić information content (AvgIpc) is 2.77. The van der Waals surface area contributed by atoms with Crippen LogP contribution in [0.3, 0.4) is 0 Å². The van der Waals surface area contributed by atoms with Crippen LogP contribution in [0.2, 0.25) is 5.02 Å². The van der Waals surface area contributed by atoms with Gasteiger partial charge in [0.15, 0.2) is 5.78 Å². The number of hydrogen-bond acceptors (Lipinski definition) is 2. The quantitative estimate of drug-likeness (QED) is 0.314. The molecular formula is C27H22ClNO. The summed E-state index contributed by atoms with van der Waals surface area (Å²) in [4.78, 5) is 17.3.